The van der Waals surface area contributed by atoms with Crippen molar-refractivity contribution in [2.45, 2.75) is 44.0 Å². The Balaban J connectivity index is 2.02. The Morgan fingerprint density at radius 2 is 1.58 bits per heavy atom. The maximum absolute atomic E-state index is 12.9. The molecule has 0 aliphatic heterocycles. The number of para-hydroxylation sites is 1. The Labute approximate surface area is 153 Å². The normalized spacial score (nSPS) is 12.5. The van der Waals surface area contributed by atoms with Crippen molar-refractivity contribution >= 4 is 20.8 Å². The van der Waals surface area contributed by atoms with Gasteiger partial charge in [0.25, 0.3) is 0 Å². The highest BCUT2D eigenvalue weighted by Gasteiger charge is 2.24. The van der Waals surface area contributed by atoms with Crippen LogP contribution in [0, 0.1) is 6.92 Å². The highest BCUT2D eigenvalue weighted by Crippen LogP contribution is 2.25. The van der Waals surface area contributed by atoms with E-state index in [1.807, 2.05) is 24.3 Å². The SMILES string of the molecule is Cc1c(S(=O)(=O)Cc2ccc(C(C)(C)C)cc2)oc2ccccc2c1=O. The van der Waals surface area contributed by atoms with Crippen LogP contribution in [0.4, 0.5) is 0 Å². The molecular weight excluding hydrogens is 348 g/mol. The summed E-state index contributed by atoms with van der Waals surface area (Å²) >= 11 is 0. The fraction of sp³-hybridized carbons (Fsp3) is 0.286. The zero-order valence-corrected chi connectivity index (χ0v) is 16.2. The molecule has 1 aromatic heterocycles. The molecule has 1 heterocycles. The van der Waals surface area contributed by atoms with Gasteiger partial charge in [0.05, 0.1) is 16.7 Å². The molecule has 0 aliphatic carbocycles. The third-order valence-corrected chi connectivity index (χ3v) is 6.11. The number of rotatable bonds is 3. The minimum atomic E-state index is -3.77. The van der Waals surface area contributed by atoms with Crippen molar-refractivity contribution in [2.75, 3.05) is 0 Å². The molecule has 0 spiro atoms. The van der Waals surface area contributed by atoms with E-state index in [2.05, 4.69) is 20.8 Å². The fourth-order valence-corrected chi connectivity index (χ4v) is 4.44. The van der Waals surface area contributed by atoms with E-state index in [9.17, 15) is 13.2 Å². The molecule has 0 amide bonds. The summed E-state index contributed by atoms with van der Waals surface area (Å²) in [6.45, 7) is 7.80. The molecule has 0 atom stereocenters. The van der Waals surface area contributed by atoms with Gasteiger partial charge in [-0.05, 0) is 35.6 Å². The van der Waals surface area contributed by atoms with Gasteiger partial charge in [-0.15, -0.1) is 0 Å². The molecule has 3 aromatic rings. The number of fused-ring (bicyclic) bond motifs is 1. The number of benzene rings is 2. The second kappa shape index (κ2) is 6.40. The van der Waals surface area contributed by atoms with Gasteiger partial charge in [-0.3, -0.25) is 4.79 Å². The van der Waals surface area contributed by atoms with Gasteiger partial charge in [0, 0.05) is 0 Å². The summed E-state index contributed by atoms with van der Waals surface area (Å²) in [5.74, 6) is -0.209. The average Bonchev–Trinajstić information content (AvgIpc) is 2.57. The molecule has 136 valence electrons. The van der Waals surface area contributed by atoms with Crippen LogP contribution in [0.5, 0.6) is 0 Å². The number of hydrogen-bond donors (Lipinski definition) is 0. The summed E-state index contributed by atoms with van der Waals surface area (Å²) in [5, 5.41) is 0.138. The topological polar surface area (TPSA) is 64.3 Å². The van der Waals surface area contributed by atoms with Crippen LogP contribution >= 0.6 is 0 Å². The third kappa shape index (κ3) is 3.44. The van der Waals surface area contributed by atoms with Crippen molar-refractivity contribution in [3.8, 4) is 0 Å². The zero-order valence-electron chi connectivity index (χ0n) is 15.4. The third-order valence-electron chi connectivity index (χ3n) is 4.44. The summed E-state index contributed by atoms with van der Waals surface area (Å²) in [7, 11) is -3.77. The smallest absolute Gasteiger partial charge is 0.225 e. The first-order valence-electron chi connectivity index (χ1n) is 8.44. The standard InChI is InChI=1S/C21H22O4S/c1-14-19(22)17-7-5-6-8-18(17)25-20(14)26(23,24)13-15-9-11-16(12-10-15)21(2,3)4/h5-12H,13H2,1-4H3. The monoisotopic (exact) mass is 370 g/mol. The lowest BCUT2D eigenvalue weighted by Gasteiger charge is -2.19. The lowest BCUT2D eigenvalue weighted by atomic mass is 9.87. The Morgan fingerprint density at radius 1 is 0.962 bits per heavy atom. The molecule has 0 fully saturated rings. The van der Waals surface area contributed by atoms with Crippen molar-refractivity contribution in [1.82, 2.24) is 0 Å². The Kier molecular flexibility index (Phi) is 4.53. The summed E-state index contributed by atoms with van der Waals surface area (Å²) in [4.78, 5) is 12.5. The zero-order chi connectivity index (χ0) is 19.1. The van der Waals surface area contributed by atoms with Crippen LogP contribution in [0.3, 0.4) is 0 Å². The van der Waals surface area contributed by atoms with Crippen molar-refractivity contribution in [3.05, 3.63) is 75.4 Å². The molecule has 5 heteroatoms. The second-order valence-electron chi connectivity index (χ2n) is 7.55. The van der Waals surface area contributed by atoms with Gasteiger partial charge in [0.2, 0.25) is 14.9 Å². The molecule has 3 rings (SSSR count). The Morgan fingerprint density at radius 3 is 2.19 bits per heavy atom. The van der Waals surface area contributed by atoms with Gasteiger partial charge >= 0.3 is 0 Å². The average molecular weight is 370 g/mol. The molecular formula is C21H22O4S. The van der Waals surface area contributed by atoms with E-state index in [1.54, 1.807) is 24.3 Å². The summed E-state index contributed by atoms with van der Waals surface area (Å²) in [5.41, 5.74) is 1.88. The van der Waals surface area contributed by atoms with Crippen LogP contribution in [0.25, 0.3) is 11.0 Å². The maximum atomic E-state index is 12.9. The minimum Gasteiger partial charge on any atom is -0.444 e. The van der Waals surface area contributed by atoms with Gasteiger partial charge in [-0.25, -0.2) is 8.42 Å². The van der Waals surface area contributed by atoms with Crippen molar-refractivity contribution < 1.29 is 12.8 Å². The van der Waals surface area contributed by atoms with Crippen LogP contribution in [-0.4, -0.2) is 8.42 Å². The van der Waals surface area contributed by atoms with Crippen LogP contribution < -0.4 is 5.43 Å². The molecule has 0 bridgehead atoms. The predicted octanol–water partition coefficient (Wildman–Crippen LogP) is 4.37. The van der Waals surface area contributed by atoms with E-state index < -0.39 is 9.84 Å². The Bertz CT molecular complexity index is 1120. The van der Waals surface area contributed by atoms with E-state index in [1.165, 1.54) is 6.92 Å². The molecule has 0 N–H and O–H groups in total. The summed E-state index contributed by atoms with van der Waals surface area (Å²) in [6, 6.07) is 14.2. The molecule has 4 nitrogen and oxygen atoms in total. The molecule has 0 unspecified atom stereocenters. The van der Waals surface area contributed by atoms with E-state index in [-0.39, 0.29) is 32.8 Å². The highest BCUT2D eigenvalue weighted by molar-refractivity contribution is 7.90. The lowest BCUT2D eigenvalue weighted by Crippen LogP contribution is -2.15. The lowest BCUT2D eigenvalue weighted by molar-refractivity contribution is 0.462. The highest BCUT2D eigenvalue weighted by atomic mass is 32.2. The van der Waals surface area contributed by atoms with Crippen LogP contribution in [-0.2, 0) is 21.0 Å². The van der Waals surface area contributed by atoms with Gasteiger partial charge in [-0.1, -0.05) is 57.2 Å². The first kappa shape index (κ1) is 18.4. The molecule has 0 radical (unpaired) electrons. The molecule has 0 aliphatic rings. The minimum absolute atomic E-state index is 0.000862. The van der Waals surface area contributed by atoms with Crippen molar-refractivity contribution in [1.29, 1.82) is 0 Å². The van der Waals surface area contributed by atoms with E-state index in [0.29, 0.717) is 10.9 Å². The summed E-state index contributed by atoms with van der Waals surface area (Å²) < 4.78 is 31.3. The molecule has 0 saturated heterocycles. The quantitative estimate of drug-likeness (QED) is 0.687. The van der Waals surface area contributed by atoms with Gasteiger partial charge in [0.15, 0.2) is 5.43 Å². The first-order chi connectivity index (χ1) is 12.1. The van der Waals surface area contributed by atoms with Crippen LogP contribution in [0.2, 0.25) is 0 Å². The predicted molar refractivity (Wildman–Crippen MR) is 103 cm³/mol. The van der Waals surface area contributed by atoms with Gasteiger partial charge in [-0.2, -0.15) is 0 Å². The van der Waals surface area contributed by atoms with Crippen LogP contribution in [0.1, 0.15) is 37.5 Å². The van der Waals surface area contributed by atoms with E-state index in [4.69, 9.17) is 4.42 Å². The second-order valence-corrected chi connectivity index (χ2v) is 9.43. The molecule has 2 aromatic carbocycles. The largest absolute Gasteiger partial charge is 0.444 e. The first-order valence-corrected chi connectivity index (χ1v) is 10.1. The van der Waals surface area contributed by atoms with Crippen molar-refractivity contribution in [2.24, 2.45) is 0 Å². The van der Waals surface area contributed by atoms with Gasteiger partial charge < -0.3 is 4.42 Å². The van der Waals surface area contributed by atoms with Crippen molar-refractivity contribution in [3.63, 3.8) is 0 Å². The van der Waals surface area contributed by atoms with E-state index >= 15 is 0 Å². The molecule has 26 heavy (non-hydrogen) atoms. The summed E-state index contributed by atoms with van der Waals surface area (Å²) in [6.07, 6.45) is 0. The Hall–Kier alpha value is -2.40. The maximum Gasteiger partial charge on any atom is 0.225 e. The van der Waals surface area contributed by atoms with Gasteiger partial charge in [0.1, 0.15) is 5.58 Å². The number of hydrogen-bond acceptors (Lipinski definition) is 4. The number of sulfone groups is 1. The van der Waals surface area contributed by atoms with Crippen LogP contribution in [0.15, 0.2) is 62.8 Å². The molecule has 0 saturated carbocycles. The fourth-order valence-electron chi connectivity index (χ4n) is 2.90. The van der Waals surface area contributed by atoms with E-state index in [0.717, 1.165) is 5.56 Å².